The summed E-state index contributed by atoms with van der Waals surface area (Å²) in [5.74, 6) is 0.468. The van der Waals surface area contributed by atoms with Crippen LogP contribution in [-0.4, -0.2) is 59.4 Å². The second-order valence-electron chi connectivity index (χ2n) is 8.74. The van der Waals surface area contributed by atoms with E-state index in [1.54, 1.807) is 75.7 Å². The Morgan fingerprint density at radius 2 is 1.72 bits per heavy atom. The van der Waals surface area contributed by atoms with Crippen molar-refractivity contribution in [1.29, 1.82) is 0 Å². The molecule has 206 valence electrons. The number of sulfonamides is 1. The number of hydrogen-bond acceptors (Lipinski definition) is 7. The molecule has 1 atom stereocenters. The van der Waals surface area contributed by atoms with Gasteiger partial charge in [0.1, 0.15) is 5.75 Å². The van der Waals surface area contributed by atoms with Crippen molar-refractivity contribution in [3.8, 4) is 17.2 Å². The number of ether oxygens (including phenoxy) is 3. The van der Waals surface area contributed by atoms with Crippen LogP contribution in [0.5, 0.6) is 17.2 Å². The molecule has 39 heavy (non-hydrogen) atoms. The molecule has 0 saturated carbocycles. The topological polar surface area (TPSA) is 123 Å². The average molecular weight is 554 g/mol. The normalized spacial score (nSPS) is 14.5. The minimum absolute atomic E-state index is 0.123. The highest BCUT2D eigenvalue weighted by molar-refractivity contribution is 7.92. The smallest absolute Gasteiger partial charge is 0.267 e. The summed E-state index contributed by atoms with van der Waals surface area (Å²) >= 11 is 0. The van der Waals surface area contributed by atoms with Gasteiger partial charge in [-0.1, -0.05) is 30.3 Å². The standard InChI is InChI=1S/C28H31N3O7S/c1-4-39(34,35)31-18-26(38-23-12-8-7-11-22(23)31)28(33)30-21-10-6-5-9-20(21)27(32)29-16-15-19-13-14-24(36-2)25(17-19)37-3/h5-14,17,26H,4,15-16,18H2,1-3H3,(H,29,32)(H,30,33). The number of rotatable bonds is 10. The van der Waals surface area contributed by atoms with Crippen LogP contribution in [-0.2, 0) is 21.2 Å². The summed E-state index contributed by atoms with van der Waals surface area (Å²) in [5.41, 5.74) is 1.90. The van der Waals surface area contributed by atoms with Crippen LogP contribution in [0.4, 0.5) is 11.4 Å². The van der Waals surface area contributed by atoms with E-state index in [0.29, 0.717) is 41.6 Å². The lowest BCUT2D eigenvalue weighted by Gasteiger charge is -2.34. The zero-order valence-electron chi connectivity index (χ0n) is 22.0. The van der Waals surface area contributed by atoms with E-state index in [4.69, 9.17) is 14.2 Å². The third-order valence-electron chi connectivity index (χ3n) is 6.30. The van der Waals surface area contributed by atoms with Crippen molar-refractivity contribution in [1.82, 2.24) is 5.32 Å². The number of anilines is 2. The largest absolute Gasteiger partial charge is 0.493 e. The fourth-order valence-electron chi connectivity index (χ4n) is 4.21. The van der Waals surface area contributed by atoms with Gasteiger partial charge in [-0.15, -0.1) is 0 Å². The SMILES string of the molecule is CCS(=O)(=O)N1CC(C(=O)Nc2ccccc2C(=O)NCCc2ccc(OC)c(OC)c2)Oc2ccccc21. The lowest BCUT2D eigenvalue weighted by molar-refractivity contribution is -0.122. The molecular formula is C28H31N3O7S. The van der Waals surface area contributed by atoms with Crippen molar-refractivity contribution < 1.29 is 32.2 Å². The first-order valence-corrected chi connectivity index (χ1v) is 14.0. The molecule has 0 bridgehead atoms. The van der Waals surface area contributed by atoms with E-state index < -0.39 is 22.0 Å². The highest BCUT2D eigenvalue weighted by atomic mass is 32.2. The number of para-hydroxylation sites is 3. The molecule has 4 rings (SSSR count). The number of nitrogens with one attached hydrogen (secondary N) is 2. The fraction of sp³-hybridized carbons (Fsp3) is 0.286. The summed E-state index contributed by atoms with van der Waals surface area (Å²) in [6.45, 7) is 1.71. The highest BCUT2D eigenvalue weighted by Crippen LogP contribution is 2.35. The number of nitrogens with zero attached hydrogens (tertiary/aromatic N) is 1. The minimum Gasteiger partial charge on any atom is -0.493 e. The molecule has 2 amide bonds. The molecule has 0 aromatic heterocycles. The Morgan fingerprint density at radius 3 is 2.46 bits per heavy atom. The minimum atomic E-state index is -3.64. The van der Waals surface area contributed by atoms with E-state index in [1.165, 1.54) is 4.31 Å². The molecule has 11 heteroatoms. The quantitative estimate of drug-likeness (QED) is 0.395. The Bertz CT molecular complexity index is 1460. The molecule has 3 aromatic carbocycles. The lowest BCUT2D eigenvalue weighted by atomic mass is 10.1. The van der Waals surface area contributed by atoms with Crippen LogP contribution >= 0.6 is 0 Å². The molecule has 1 heterocycles. The van der Waals surface area contributed by atoms with Crippen LogP contribution in [0.25, 0.3) is 0 Å². The summed E-state index contributed by atoms with van der Waals surface area (Å²) < 4.78 is 43.1. The van der Waals surface area contributed by atoms with Gasteiger partial charge >= 0.3 is 0 Å². The maximum Gasteiger partial charge on any atom is 0.267 e. The van der Waals surface area contributed by atoms with Gasteiger partial charge in [0.15, 0.2) is 17.6 Å². The van der Waals surface area contributed by atoms with Gasteiger partial charge < -0.3 is 24.8 Å². The second kappa shape index (κ2) is 12.1. The van der Waals surface area contributed by atoms with Gasteiger partial charge in [-0.25, -0.2) is 8.42 Å². The molecule has 0 saturated heterocycles. The van der Waals surface area contributed by atoms with Gasteiger partial charge in [-0.05, 0) is 55.3 Å². The van der Waals surface area contributed by atoms with E-state index in [1.807, 2.05) is 12.1 Å². The van der Waals surface area contributed by atoms with E-state index in [-0.39, 0.29) is 23.8 Å². The van der Waals surface area contributed by atoms with Crippen molar-refractivity contribution in [3.63, 3.8) is 0 Å². The van der Waals surface area contributed by atoms with E-state index in [9.17, 15) is 18.0 Å². The Morgan fingerprint density at radius 1 is 1.00 bits per heavy atom. The van der Waals surface area contributed by atoms with Crippen LogP contribution in [0.2, 0.25) is 0 Å². The first-order valence-electron chi connectivity index (χ1n) is 12.4. The summed E-state index contributed by atoms with van der Waals surface area (Å²) in [6, 6.07) is 18.8. The third-order valence-corrected chi connectivity index (χ3v) is 8.05. The van der Waals surface area contributed by atoms with Gasteiger partial charge in [0.2, 0.25) is 10.0 Å². The van der Waals surface area contributed by atoms with Crippen LogP contribution in [0, 0.1) is 0 Å². The predicted molar refractivity (Wildman–Crippen MR) is 148 cm³/mol. The van der Waals surface area contributed by atoms with E-state index in [2.05, 4.69) is 10.6 Å². The number of methoxy groups -OCH3 is 2. The monoisotopic (exact) mass is 553 g/mol. The maximum atomic E-state index is 13.2. The third kappa shape index (κ3) is 6.26. The second-order valence-corrected chi connectivity index (χ2v) is 10.9. The molecule has 0 fully saturated rings. The Kier molecular flexibility index (Phi) is 8.60. The fourth-order valence-corrected chi connectivity index (χ4v) is 5.34. The number of benzene rings is 3. The molecule has 3 aromatic rings. The van der Waals surface area contributed by atoms with E-state index >= 15 is 0 Å². The van der Waals surface area contributed by atoms with Gasteiger partial charge in [0.25, 0.3) is 11.8 Å². The van der Waals surface area contributed by atoms with Crippen molar-refractivity contribution in [2.75, 3.05) is 42.7 Å². The Hall–Kier alpha value is -4.25. The van der Waals surface area contributed by atoms with Crippen molar-refractivity contribution >= 4 is 33.2 Å². The van der Waals surface area contributed by atoms with Crippen LogP contribution in [0.15, 0.2) is 66.7 Å². The Labute approximate surface area is 227 Å². The number of carbonyl (C=O) groups is 2. The molecular weight excluding hydrogens is 522 g/mol. The number of carbonyl (C=O) groups excluding carboxylic acids is 2. The van der Waals surface area contributed by atoms with Crippen LogP contribution < -0.4 is 29.1 Å². The molecule has 0 spiro atoms. The predicted octanol–water partition coefficient (Wildman–Crippen LogP) is 3.23. The molecule has 1 unspecified atom stereocenters. The Balaban J connectivity index is 1.44. The van der Waals surface area contributed by atoms with Gasteiger partial charge in [-0.2, -0.15) is 0 Å². The van der Waals surface area contributed by atoms with Gasteiger partial charge in [0.05, 0.1) is 43.5 Å². The first kappa shape index (κ1) is 27.8. The number of fused-ring (bicyclic) bond motifs is 1. The summed E-state index contributed by atoms with van der Waals surface area (Å²) in [4.78, 5) is 26.2. The van der Waals surface area contributed by atoms with Gasteiger partial charge in [0, 0.05) is 6.54 Å². The van der Waals surface area contributed by atoms with E-state index in [0.717, 1.165) is 5.56 Å². The molecule has 2 N–H and O–H groups in total. The maximum absolute atomic E-state index is 13.2. The summed E-state index contributed by atoms with van der Waals surface area (Å²) in [7, 11) is -0.516. The summed E-state index contributed by atoms with van der Waals surface area (Å²) in [5, 5.41) is 5.61. The number of amides is 2. The van der Waals surface area contributed by atoms with Crippen molar-refractivity contribution in [3.05, 3.63) is 77.9 Å². The van der Waals surface area contributed by atoms with Crippen molar-refractivity contribution in [2.24, 2.45) is 0 Å². The molecule has 1 aliphatic rings. The molecule has 0 radical (unpaired) electrons. The zero-order chi connectivity index (χ0) is 28.0. The molecule has 10 nitrogen and oxygen atoms in total. The zero-order valence-corrected chi connectivity index (χ0v) is 22.8. The molecule has 0 aliphatic carbocycles. The molecule has 1 aliphatic heterocycles. The van der Waals surface area contributed by atoms with Crippen molar-refractivity contribution in [2.45, 2.75) is 19.4 Å². The highest BCUT2D eigenvalue weighted by Gasteiger charge is 2.36. The van der Waals surface area contributed by atoms with Crippen LogP contribution in [0.1, 0.15) is 22.8 Å². The number of hydrogen-bond donors (Lipinski definition) is 2. The summed E-state index contributed by atoms with van der Waals surface area (Å²) in [6.07, 6.45) is -0.556. The lowest BCUT2D eigenvalue weighted by Crippen LogP contribution is -2.49. The first-order chi connectivity index (χ1) is 18.8. The average Bonchev–Trinajstić information content (AvgIpc) is 2.96. The van der Waals surface area contributed by atoms with Crippen LogP contribution in [0.3, 0.4) is 0 Å². The van der Waals surface area contributed by atoms with Gasteiger partial charge in [-0.3, -0.25) is 13.9 Å².